The number of aromatic nitrogens is 2. The van der Waals surface area contributed by atoms with Gasteiger partial charge in [0, 0.05) is 19.6 Å². The van der Waals surface area contributed by atoms with Crippen molar-refractivity contribution in [3.63, 3.8) is 0 Å². The molecule has 116 valence electrons. The number of amides is 1. The first-order valence-corrected chi connectivity index (χ1v) is 7.59. The zero-order chi connectivity index (χ0) is 15.3. The number of nitrogens with one attached hydrogen (secondary N) is 1. The van der Waals surface area contributed by atoms with Gasteiger partial charge in [-0.2, -0.15) is 0 Å². The van der Waals surface area contributed by atoms with Crippen LogP contribution in [-0.2, 0) is 0 Å². The maximum Gasteiger partial charge on any atom is 0.274 e. The first-order chi connectivity index (χ1) is 10.0. The highest BCUT2D eigenvalue weighted by atomic mass is 16.3. The predicted molar refractivity (Wildman–Crippen MR) is 81.2 cm³/mol. The molecule has 0 spiro atoms. The molecule has 0 bridgehead atoms. The Balaban J connectivity index is 1.99. The molecule has 1 aliphatic rings. The van der Waals surface area contributed by atoms with Crippen LogP contribution >= 0.6 is 0 Å². The van der Waals surface area contributed by atoms with Crippen LogP contribution in [0.4, 0.5) is 5.82 Å². The van der Waals surface area contributed by atoms with Gasteiger partial charge in [0.1, 0.15) is 11.5 Å². The van der Waals surface area contributed by atoms with Gasteiger partial charge in [-0.05, 0) is 32.6 Å². The Bertz CT molecular complexity index is 473. The molecule has 0 radical (unpaired) electrons. The number of carbonyl (C=O) groups is 1. The molecule has 1 amide bonds. The first-order valence-electron chi connectivity index (χ1n) is 7.59. The SMILES string of the molecule is CCCNc1cnc(C(=O)N2CCCC(C)(O)CC2)cn1. The van der Waals surface area contributed by atoms with Crippen LogP contribution in [0.1, 0.15) is 50.0 Å². The van der Waals surface area contributed by atoms with E-state index in [1.54, 1.807) is 11.1 Å². The average molecular weight is 292 g/mol. The summed E-state index contributed by atoms with van der Waals surface area (Å²) >= 11 is 0. The van der Waals surface area contributed by atoms with E-state index >= 15 is 0 Å². The molecular weight excluding hydrogens is 268 g/mol. The number of hydrogen-bond donors (Lipinski definition) is 2. The fourth-order valence-electron chi connectivity index (χ4n) is 2.41. The van der Waals surface area contributed by atoms with Crippen molar-refractivity contribution in [2.75, 3.05) is 25.0 Å². The molecule has 6 heteroatoms. The molecule has 1 aromatic heterocycles. The Morgan fingerprint density at radius 3 is 2.86 bits per heavy atom. The van der Waals surface area contributed by atoms with Crippen molar-refractivity contribution in [2.45, 2.75) is 45.1 Å². The molecule has 0 saturated carbocycles. The van der Waals surface area contributed by atoms with Gasteiger partial charge >= 0.3 is 0 Å². The van der Waals surface area contributed by atoms with Crippen molar-refractivity contribution in [3.8, 4) is 0 Å². The first kappa shape index (κ1) is 15.7. The smallest absolute Gasteiger partial charge is 0.274 e. The lowest BCUT2D eigenvalue weighted by atomic mass is 9.98. The minimum absolute atomic E-state index is 0.109. The van der Waals surface area contributed by atoms with Gasteiger partial charge in [-0.25, -0.2) is 9.97 Å². The van der Waals surface area contributed by atoms with Crippen molar-refractivity contribution < 1.29 is 9.90 Å². The van der Waals surface area contributed by atoms with Crippen LogP contribution in [0, 0.1) is 0 Å². The van der Waals surface area contributed by atoms with E-state index in [0.29, 0.717) is 31.0 Å². The molecule has 1 fully saturated rings. The summed E-state index contributed by atoms with van der Waals surface area (Å²) in [7, 11) is 0. The molecule has 21 heavy (non-hydrogen) atoms. The minimum atomic E-state index is -0.672. The highest BCUT2D eigenvalue weighted by Gasteiger charge is 2.27. The summed E-state index contributed by atoms with van der Waals surface area (Å²) in [5, 5.41) is 13.2. The van der Waals surface area contributed by atoms with Crippen molar-refractivity contribution in [3.05, 3.63) is 18.1 Å². The van der Waals surface area contributed by atoms with Crippen molar-refractivity contribution in [1.29, 1.82) is 0 Å². The van der Waals surface area contributed by atoms with Crippen LogP contribution in [0.25, 0.3) is 0 Å². The second kappa shape index (κ2) is 6.85. The fraction of sp³-hybridized carbons (Fsp3) is 0.667. The Morgan fingerprint density at radius 1 is 1.38 bits per heavy atom. The van der Waals surface area contributed by atoms with Gasteiger partial charge in [0.25, 0.3) is 5.91 Å². The van der Waals surface area contributed by atoms with Gasteiger partial charge in [-0.1, -0.05) is 6.92 Å². The van der Waals surface area contributed by atoms with Crippen molar-refractivity contribution in [1.82, 2.24) is 14.9 Å². The van der Waals surface area contributed by atoms with Gasteiger partial charge in [-0.15, -0.1) is 0 Å². The zero-order valence-corrected chi connectivity index (χ0v) is 12.8. The number of nitrogens with zero attached hydrogens (tertiary/aromatic N) is 3. The number of rotatable bonds is 4. The molecule has 6 nitrogen and oxygen atoms in total. The lowest BCUT2D eigenvalue weighted by Gasteiger charge is -2.22. The number of hydrogen-bond acceptors (Lipinski definition) is 5. The third-order valence-corrected chi connectivity index (χ3v) is 3.78. The van der Waals surface area contributed by atoms with Crippen LogP contribution in [0.2, 0.25) is 0 Å². The number of carbonyl (C=O) groups excluding carboxylic acids is 1. The van der Waals surface area contributed by atoms with E-state index in [2.05, 4.69) is 22.2 Å². The van der Waals surface area contributed by atoms with Gasteiger partial charge in [-0.3, -0.25) is 4.79 Å². The third-order valence-electron chi connectivity index (χ3n) is 3.78. The van der Waals surface area contributed by atoms with Gasteiger partial charge in [0.05, 0.1) is 18.0 Å². The van der Waals surface area contributed by atoms with Crippen molar-refractivity contribution >= 4 is 11.7 Å². The van der Waals surface area contributed by atoms with Crippen LogP contribution in [0.15, 0.2) is 12.4 Å². The second-order valence-corrected chi connectivity index (χ2v) is 5.86. The standard InChI is InChI=1S/C15H24N4O2/c1-3-7-16-13-11-17-12(10-18-13)14(20)19-8-4-5-15(2,21)6-9-19/h10-11,21H,3-9H2,1-2H3,(H,16,18). The van der Waals surface area contributed by atoms with Crippen molar-refractivity contribution in [2.24, 2.45) is 0 Å². The lowest BCUT2D eigenvalue weighted by molar-refractivity contribution is 0.0437. The Morgan fingerprint density at radius 2 is 2.19 bits per heavy atom. The molecule has 0 aromatic carbocycles. The molecule has 2 heterocycles. The average Bonchev–Trinajstić information content (AvgIpc) is 2.66. The minimum Gasteiger partial charge on any atom is -0.390 e. The summed E-state index contributed by atoms with van der Waals surface area (Å²) in [6.45, 7) is 5.96. The molecule has 1 unspecified atom stereocenters. The number of anilines is 1. The number of likely N-dealkylation sites (tertiary alicyclic amines) is 1. The summed E-state index contributed by atoms with van der Waals surface area (Å²) in [5.74, 6) is 0.578. The summed E-state index contributed by atoms with van der Waals surface area (Å²) in [5.41, 5.74) is -0.312. The fourth-order valence-corrected chi connectivity index (χ4v) is 2.41. The molecule has 1 saturated heterocycles. The molecule has 2 N–H and O–H groups in total. The van der Waals surface area contributed by atoms with E-state index in [1.165, 1.54) is 6.20 Å². The third kappa shape index (κ3) is 4.39. The highest BCUT2D eigenvalue weighted by Crippen LogP contribution is 2.22. The summed E-state index contributed by atoms with van der Waals surface area (Å²) in [6.07, 6.45) is 6.25. The van der Waals surface area contributed by atoms with Gasteiger partial charge in [0.2, 0.25) is 0 Å². The van der Waals surface area contributed by atoms with Crippen LogP contribution in [0.5, 0.6) is 0 Å². The molecule has 1 aromatic rings. The lowest BCUT2D eigenvalue weighted by Crippen LogP contribution is -2.34. The van der Waals surface area contributed by atoms with E-state index in [0.717, 1.165) is 25.8 Å². The zero-order valence-electron chi connectivity index (χ0n) is 12.8. The normalized spacial score (nSPS) is 22.7. The van der Waals surface area contributed by atoms with Crippen LogP contribution in [-0.4, -0.2) is 51.1 Å². The molecule has 2 rings (SSSR count). The topological polar surface area (TPSA) is 78.4 Å². The predicted octanol–water partition coefficient (Wildman–Crippen LogP) is 1.68. The quantitative estimate of drug-likeness (QED) is 0.882. The second-order valence-electron chi connectivity index (χ2n) is 5.86. The number of aliphatic hydroxyl groups is 1. The highest BCUT2D eigenvalue weighted by molar-refractivity contribution is 5.92. The Labute approximate surface area is 125 Å². The van der Waals surface area contributed by atoms with E-state index in [4.69, 9.17) is 0 Å². The van der Waals surface area contributed by atoms with E-state index in [-0.39, 0.29) is 5.91 Å². The summed E-state index contributed by atoms with van der Waals surface area (Å²) in [6, 6.07) is 0. The molecular formula is C15H24N4O2. The monoisotopic (exact) mass is 292 g/mol. The summed E-state index contributed by atoms with van der Waals surface area (Å²) < 4.78 is 0. The van der Waals surface area contributed by atoms with Crippen LogP contribution in [0.3, 0.4) is 0 Å². The maximum atomic E-state index is 12.4. The molecule has 0 aliphatic carbocycles. The van der Waals surface area contributed by atoms with Gasteiger partial charge < -0.3 is 15.3 Å². The van der Waals surface area contributed by atoms with Crippen LogP contribution < -0.4 is 5.32 Å². The Kier molecular flexibility index (Phi) is 5.12. The summed E-state index contributed by atoms with van der Waals surface area (Å²) in [4.78, 5) is 22.6. The Hall–Kier alpha value is -1.69. The molecule has 1 atom stereocenters. The van der Waals surface area contributed by atoms with E-state index in [9.17, 15) is 9.90 Å². The molecule has 1 aliphatic heterocycles. The van der Waals surface area contributed by atoms with E-state index < -0.39 is 5.60 Å². The van der Waals surface area contributed by atoms with Gasteiger partial charge in [0.15, 0.2) is 0 Å². The maximum absolute atomic E-state index is 12.4. The largest absolute Gasteiger partial charge is 0.390 e. The van der Waals surface area contributed by atoms with E-state index in [1.807, 2.05) is 6.92 Å².